The smallest absolute Gasteiger partial charge is 0.254 e. The van der Waals surface area contributed by atoms with Gasteiger partial charge in [0.25, 0.3) is 5.91 Å². The summed E-state index contributed by atoms with van der Waals surface area (Å²) in [6.07, 6.45) is 9.33. The molecule has 4 aliphatic carbocycles. The first kappa shape index (κ1) is 25.7. The van der Waals surface area contributed by atoms with E-state index >= 15 is 0 Å². The first-order valence-corrected chi connectivity index (χ1v) is 13.9. The van der Waals surface area contributed by atoms with Gasteiger partial charge >= 0.3 is 0 Å². The third kappa shape index (κ3) is 3.36. The fourth-order valence-electron chi connectivity index (χ4n) is 8.61. The van der Waals surface area contributed by atoms with Gasteiger partial charge in [-0.1, -0.05) is 64.3 Å². The Hall–Kier alpha value is -1.92. The molecule has 1 spiro atoms. The molecule has 1 heterocycles. The van der Waals surface area contributed by atoms with Gasteiger partial charge in [-0.2, -0.15) is 0 Å². The topological polar surface area (TPSA) is 110 Å². The fraction of sp³-hybridized carbons (Fsp3) is 0.733. The molecule has 1 amide bonds. The molecule has 0 aromatic carbocycles. The van der Waals surface area contributed by atoms with Gasteiger partial charge in [0.05, 0.1) is 17.8 Å². The third-order valence-corrected chi connectivity index (χ3v) is 11.1. The number of hydrogen-bond acceptors (Lipinski definition) is 5. The summed E-state index contributed by atoms with van der Waals surface area (Å²) >= 11 is 0. The van der Waals surface area contributed by atoms with Gasteiger partial charge < -0.3 is 20.6 Å². The predicted molar refractivity (Wildman–Crippen MR) is 135 cm³/mol. The zero-order valence-electron chi connectivity index (χ0n) is 22.3. The van der Waals surface area contributed by atoms with Crippen LogP contribution in [0.1, 0.15) is 79.6 Å². The highest BCUT2D eigenvalue weighted by atomic mass is 16.3. The van der Waals surface area contributed by atoms with Crippen molar-refractivity contribution in [2.45, 2.75) is 97.3 Å². The minimum atomic E-state index is -1.19. The number of amides is 1. The lowest BCUT2D eigenvalue weighted by molar-refractivity contribution is -0.337. The van der Waals surface area contributed by atoms with Crippen LogP contribution in [0, 0.1) is 40.4 Å². The molecule has 0 radical (unpaired) electrons. The lowest BCUT2D eigenvalue weighted by Gasteiger charge is -2.55. The quantitative estimate of drug-likeness (QED) is 0.382. The number of aliphatic hydroxyl groups is 2. The summed E-state index contributed by atoms with van der Waals surface area (Å²) in [7, 11) is 0. The molecule has 2 fully saturated rings. The van der Waals surface area contributed by atoms with Crippen LogP contribution in [0.15, 0.2) is 35.1 Å². The number of carbonyl (C=O) groups excluding carboxylic acids is 2. The average molecular weight is 497 g/mol. The van der Waals surface area contributed by atoms with Crippen LogP contribution in [-0.4, -0.2) is 39.7 Å². The Morgan fingerprint density at radius 2 is 1.83 bits per heavy atom. The van der Waals surface area contributed by atoms with Crippen LogP contribution < -0.4 is 10.4 Å². The van der Waals surface area contributed by atoms with Crippen LogP contribution in [0.4, 0.5) is 0 Å². The molecule has 3 N–H and O–H groups in total. The normalized spacial score (nSPS) is 50.9. The van der Waals surface area contributed by atoms with Crippen molar-refractivity contribution in [3.05, 3.63) is 35.1 Å². The van der Waals surface area contributed by atoms with Crippen molar-refractivity contribution >= 4 is 11.7 Å². The van der Waals surface area contributed by atoms with Crippen molar-refractivity contribution in [2.24, 2.45) is 40.4 Å². The molecule has 36 heavy (non-hydrogen) atoms. The number of nitrogens with one attached hydrogen (secondary N) is 1. The van der Waals surface area contributed by atoms with Crippen LogP contribution in [0.25, 0.3) is 0 Å². The van der Waals surface area contributed by atoms with Crippen LogP contribution in [0.2, 0.25) is 0 Å². The lowest BCUT2D eigenvalue weighted by Crippen LogP contribution is -2.61. The predicted octanol–water partition coefficient (Wildman–Crippen LogP) is 3.18. The maximum atomic E-state index is 14.5. The maximum absolute atomic E-state index is 14.5. The van der Waals surface area contributed by atoms with E-state index in [1.165, 1.54) is 5.57 Å². The molecule has 2 bridgehead atoms. The molecule has 6 heteroatoms. The van der Waals surface area contributed by atoms with E-state index in [-0.39, 0.29) is 40.9 Å². The summed E-state index contributed by atoms with van der Waals surface area (Å²) in [6, 6.07) is 0. The standard InChI is InChI=1S/C30H43NO5/c1-6-18-15-28(4)13-16(2)17(3)14-30(28)26(35)24(27(36)31-30)25(34)29(5)19(12-23(18)33)10-11-20-21(29)8-7-9-22(20)32/h10-11,13,17-23,32-34H,6-9,12,14-15H2,1-5H3,(H,31,36)/p-1/b25-24+/t17-,18-,19+,20+,21-,22+,23-,28+,29-,30-/m1/s1. The van der Waals surface area contributed by atoms with E-state index in [1.807, 2.05) is 26.0 Å². The van der Waals surface area contributed by atoms with E-state index < -0.39 is 40.2 Å². The number of ketones is 1. The molecule has 5 rings (SSSR count). The molecular weight excluding hydrogens is 454 g/mol. The second kappa shape index (κ2) is 8.56. The largest absolute Gasteiger partial charge is 0.874 e. The fourth-order valence-corrected chi connectivity index (χ4v) is 8.61. The number of aliphatic hydroxyl groups excluding tert-OH is 2. The van der Waals surface area contributed by atoms with Crippen molar-refractivity contribution in [1.29, 1.82) is 0 Å². The zero-order chi connectivity index (χ0) is 26.2. The highest BCUT2D eigenvalue weighted by Crippen LogP contribution is 2.58. The summed E-state index contributed by atoms with van der Waals surface area (Å²) in [5, 5.41) is 40.0. The minimum absolute atomic E-state index is 0.0846. The van der Waals surface area contributed by atoms with Gasteiger partial charge in [-0.3, -0.25) is 9.59 Å². The summed E-state index contributed by atoms with van der Waals surface area (Å²) in [4.78, 5) is 28.0. The molecule has 0 aromatic rings. The number of Topliss-reactive ketones (excluding diaryl/α,β-unsaturated/α-hetero) is 1. The summed E-state index contributed by atoms with van der Waals surface area (Å²) < 4.78 is 0. The second-order valence-electron chi connectivity index (χ2n) is 12.9. The molecule has 1 saturated heterocycles. The molecule has 0 unspecified atom stereocenters. The summed E-state index contributed by atoms with van der Waals surface area (Å²) in [5.74, 6) is -1.99. The van der Waals surface area contributed by atoms with Crippen LogP contribution >= 0.6 is 0 Å². The van der Waals surface area contributed by atoms with E-state index in [0.717, 1.165) is 19.3 Å². The summed E-state index contributed by atoms with van der Waals surface area (Å²) in [5.41, 5.74) is -1.98. The third-order valence-electron chi connectivity index (χ3n) is 11.1. The zero-order valence-corrected chi connectivity index (χ0v) is 22.3. The Bertz CT molecular complexity index is 1060. The first-order chi connectivity index (χ1) is 16.9. The highest BCUT2D eigenvalue weighted by molar-refractivity contribution is 6.29. The van der Waals surface area contributed by atoms with Crippen molar-refractivity contribution in [3.63, 3.8) is 0 Å². The average Bonchev–Trinajstić information content (AvgIpc) is 3.07. The van der Waals surface area contributed by atoms with Gasteiger partial charge in [-0.05, 0) is 68.1 Å². The number of hydrogen-bond donors (Lipinski definition) is 3. The van der Waals surface area contributed by atoms with Crippen molar-refractivity contribution in [2.75, 3.05) is 0 Å². The van der Waals surface area contributed by atoms with Crippen molar-refractivity contribution in [3.8, 4) is 0 Å². The van der Waals surface area contributed by atoms with E-state index in [0.29, 0.717) is 25.7 Å². The van der Waals surface area contributed by atoms with Crippen LogP contribution in [-0.2, 0) is 9.59 Å². The van der Waals surface area contributed by atoms with Gasteiger partial charge in [-0.25, -0.2) is 0 Å². The van der Waals surface area contributed by atoms with Gasteiger partial charge in [0.15, 0.2) is 5.78 Å². The van der Waals surface area contributed by atoms with E-state index in [1.54, 1.807) is 0 Å². The van der Waals surface area contributed by atoms with Gasteiger partial charge in [-0.15, -0.1) is 5.76 Å². The van der Waals surface area contributed by atoms with Crippen LogP contribution in [0.3, 0.4) is 0 Å². The Morgan fingerprint density at radius 3 is 2.53 bits per heavy atom. The van der Waals surface area contributed by atoms with Crippen LogP contribution in [0.5, 0.6) is 0 Å². The summed E-state index contributed by atoms with van der Waals surface area (Å²) in [6.45, 7) is 10.1. The molecule has 198 valence electrons. The molecule has 1 aliphatic heterocycles. The monoisotopic (exact) mass is 496 g/mol. The lowest BCUT2D eigenvalue weighted by atomic mass is 9.53. The van der Waals surface area contributed by atoms with Gasteiger partial charge in [0.2, 0.25) is 0 Å². The molecular formula is C30H42NO5-. The van der Waals surface area contributed by atoms with Gasteiger partial charge in [0.1, 0.15) is 5.54 Å². The number of rotatable bonds is 1. The highest BCUT2D eigenvalue weighted by Gasteiger charge is 2.63. The van der Waals surface area contributed by atoms with E-state index in [9.17, 15) is 24.9 Å². The molecule has 0 aromatic heterocycles. The first-order valence-electron chi connectivity index (χ1n) is 13.9. The van der Waals surface area contributed by atoms with Crippen molar-refractivity contribution in [1.82, 2.24) is 5.32 Å². The molecule has 1 saturated carbocycles. The number of carbonyl (C=O) groups is 2. The van der Waals surface area contributed by atoms with E-state index in [2.05, 4.69) is 32.2 Å². The Labute approximate surface area is 214 Å². The number of allylic oxidation sites excluding steroid dienone is 3. The number of fused-ring (bicyclic) bond motifs is 4. The Balaban J connectivity index is 1.76. The second-order valence-corrected chi connectivity index (χ2v) is 12.9. The minimum Gasteiger partial charge on any atom is -0.874 e. The Morgan fingerprint density at radius 1 is 1.11 bits per heavy atom. The van der Waals surface area contributed by atoms with Gasteiger partial charge in [0, 0.05) is 11.3 Å². The van der Waals surface area contributed by atoms with E-state index in [4.69, 9.17) is 0 Å². The SMILES string of the molecule is CC[C@@H]1C[C@]2(C)C=C(C)[C@H](C)C[C@]23NC(=O)/C(=C(/[O-])[C@@]2(C)[C@@H]4CCC[C@H](O)[C@H]4C=C[C@H]2C[C@H]1O)C3=O. The molecule has 6 nitrogen and oxygen atoms in total. The Kier molecular flexibility index (Phi) is 6.11. The van der Waals surface area contributed by atoms with Crippen molar-refractivity contribution < 1.29 is 24.9 Å². The maximum Gasteiger partial charge on any atom is 0.254 e. The molecule has 5 aliphatic rings. The molecule has 10 atom stereocenters.